The highest BCUT2D eigenvalue weighted by atomic mass is 35.5. The molecule has 0 atom stereocenters. The fraction of sp³-hybridized carbons (Fsp3) is 0.632. The Labute approximate surface area is 164 Å². The van der Waals surface area contributed by atoms with Crippen molar-refractivity contribution < 1.29 is 4.79 Å². The molecule has 1 aromatic carbocycles. The third kappa shape index (κ3) is 8.91. The van der Waals surface area contributed by atoms with Gasteiger partial charge in [-0.1, -0.05) is 50.9 Å². The number of rotatable bonds is 11. The number of para-hydroxylation sites is 1. The molecule has 0 aliphatic heterocycles. The van der Waals surface area contributed by atoms with Crippen LogP contribution in [0, 0.1) is 6.92 Å². The highest BCUT2D eigenvalue weighted by Crippen LogP contribution is 2.25. The molecule has 0 aliphatic carbocycles. The summed E-state index contributed by atoms with van der Waals surface area (Å²) in [7, 11) is 0. The molecule has 0 saturated carbocycles. The number of benzene rings is 1. The molecule has 25 heavy (non-hydrogen) atoms. The average Bonchev–Trinajstić information content (AvgIpc) is 2.56. The van der Waals surface area contributed by atoms with Crippen molar-refractivity contribution in [1.82, 2.24) is 9.80 Å². The van der Waals surface area contributed by atoms with Crippen molar-refractivity contribution in [1.29, 1.82) is 0 Å². The number of carbonyl (C=O) groups is 1. The van der Waals surface area contributed by atoms with Gasteiger partial charge in [0.05, 0.1) is 17.3 Å². The van der Waals surface area contributed by atoms with Crippen LogP contribution < -0.4 is 5.32 Å². The Morgan fingerprint density at radius 3 is 2.28 bits per heavy atom. The fourth-order valence-corrected chi connectivity index (χ4v) is 2.92. The van der Waals surface area contributed by atoms with Gasteiger partial charge in [0.1, 0.15) is 0 Å². The molecule has 6 heteroatoms. The summed E-state index contributed by atoms with van der Waals surface area (Å²) in [5.74, 6) is 0.00171. The molecular weight excluding hydrogens is 357 g/mol. The molecule has 0 aromatic heterocycles. The van der Waals surface area contributed by atoms with Gasteiger partial charge in [0.15, 0.2) is 0 Å². The standard InChI is InChI=1S/C19H32ClN3O.ClH/c1-5-8-12-23(14-13-22(6-2)7-3)15-18(24)21-19-16(4)10-9-11-17(19)20;/h9-11H,5-8,12-15H2,1-4H3,(H,21,24);1H. The van der Waals surface area contributed by atoms with Crippen molar-refractivity contribution in [2.24, 2.45) is 0 Å². The van der Waals surface area contributed by atoms with E-state index >= 15 is 0 Å². The molecule has 1 aromatic rings. The molecule has 4 nitrogen and oxygen atoms in total. The highest BCUT2D eigenvalue weighted by Gasteiger charge is 2.14. The first-order chi connectivity index (χ1) is 11.5. The first-order valence-electron chi connectivity index (χ1n) is 9.01. The maximum atomic E-state index is 12.4. The molecule has 0 heterocycles. The molecule has 0 spiro atoms. The number of anilines is 1. The van der Waals surface area contributed by atoms with Crippen molar-refractivity contribution in [2.45, 2.75) is 40.5 Å². The Morgan fingerprint density at radius 2 is 1.72 bits per heavy atom. The lowest BCUT2D eigenvalue weighted by Gasteiger charge is -2.26. The maximum Gasteiger partial charge on any atom is 0.238 e. The van der Waals surface area contributed by atoms with Crippen LogP contribution >= 0.6 is 24.0 Å². The third-order valence-corrected chi connectivity index (χ3v) is 4.62. The number of hydrogen-bond donors (Lipinski definition) is 1. The van der Waals surface area contributed by atoms with Gasteiger partial charge in [-0.05, 0) is 44.6 Å². The minimum atomic E-state index is 0. The van der Waals surface area contributed by atoms with Gasteiger partial charge in [0.25, 0.3) is 0 Å². The molecule has 0 fully saturated rings. The molecule has 1 N–H and O–H groups in total. The summed E-state index contributed by atoms with van der Waals surface area (Å²) in [4.78, 5) is 17.1. The van der Waals surface area contributed by atoms with E-state index in [4.69, 9.17) is 11.6 Å². The second-order valence-corrected chi connectivity index (χ2v) is 6.54. The predicted molar refractivity (Wildman–Crippen MR) is 111 cm³/mol. The number of halogens is 2. The summed E-state index contributed by atoms with van der Waals surface area (Å²) in [6.07, 6.45) is 2.24. The number of nitrogens with zero attached hydrogens (tertiary/aromatic N) is 2. The van der Waals surface area contributed by atoms with Crippen LogP contribution in [0.3, 0.4) is 0 Å². The first-order valence-corrected chi connectivity index (χ1v) is 9.39. The zero-order chi connectivity index (χ0) is 17.9. The van der Waals surface area contributed by atoms with Crippen LogP contribution in [-0.2, 0) is 4.79 Å². The first kappa shape index (κ1) is 24.2. The summed E-state index contributed by atoms with van der Waals surface area (Å²) >= 11 is 6.20. The summed E-state index contributed by atoms with van der Waals surface area (Å²) in [5, 5.41) is 3.56. The molecule has 0 radical (unpaired) electrons. The molecule has 0 bridgehead atoms. The predicted octanol–water partition coefficient (Wildman–Crippen LogP) is 4.45. The van der Waals surface area contributed by atoms with Gasteiger partial charge in [-0.3, -0.25) is 9.69 Å². The van der Waals surface area contributed by atoms with E-state index in [2.05, 4.69) is 35.9 Å². The zero-order valence-corrected chi connectivity index (χ0v) is 17.6. The number of carbonyl (C=O) groups excluding carboxylic acids is 1. The van der Waals surface area contributed by atoms with Gasteiger partial charge < -0.3 is 10.2 Å². The second-order valence-electron chi connectivity index (χ2n) is 6.14. The van der Waals surface area contributed by atoms with Gasteiger partial charge in [0, 0.05) is 13.1 Å². The Balaban J connectivity index is 0.00000576. The van der Waals surface area contributed by atoms with Crippen LogP contribution in [0.15, 0.2) is 18.2 Å². The van der Waals surface area contributed by atoms with Crippen LogP contribution in [0.1, 0.15) is 39.2 Å². The summed E-state index contributed by atoms with van der Waals surface area (Å²) in [6.45, 7) is 13.8. The zero-order valence-electron chi connectivity index (χ0n) is 16.0. The van der Waals surface area contributed by atoms with Crippen LogP contribution in [0.25, 0.3) is 0 Å². The number of hydrogen-bond acceptors (Lipinski definition) is 3. The Morgan fingerprint density at radius 1 is 1.08 bits per heavy atom. The number of nitrogens with one attached hydrogen (secondary N) is 1. The van der Waals surface area contributed by atoms with E-state index in [1.807, 2.05) is 19.1 Å². The van der Waals surface area contributed by atoms with Gasteiger partial charge in [-0.15, -0.1) is 12.4 Å². The van der Waals surface area contributed by atoms with Crippen LogP contribution in [0.2, 0.25) is 5.02 Å². The molecule has 1 amide bonds. The summed E-state index contributed by atoms with van der Waals surface area (Å²) in [5.41, 5.74) is 1.71. The van der Waals surface area contributed by atoms with E-state index in [0.717, 1.165) is 56.8 Å². The van der Waals surface area contributed by atoms with E-state index in [-0.39, 0.29) is 18.3 Å². The number of amides is 1. The lowest BCUT2D eigenvalue weighted by atomic mass is 10.2. The number of unbranched alkanes of at least 4 members (excludes halogenated alkanes) is 1. The van der Waals surface area contributed by atoms with Crippen molar-refractivity contribution in [3.05, 3.63) is 28.8 Å². The monoisotopic (exact) mass is 389 g/mol. The van der Waals surface area contributed by atoms with Crippen molar-refractivity contribution >= 4 is 35.6 Å². The molecule has 1 rings (SSSR count). The lowest BCUT2D eigenvalue weighted by molar-refractivity contribution is -0.117. The quantitative estimate of drug-likeness (QED) is 0.606. The molecule has 0 unspecified atom stereocenters. The third-order valence-electron chi connectivity index (χ3n) is 4.31. The average molecular weight is 390 g/mol. The molecular formula is C19H33Cl2N3O. The van der Waals surface area contributed by atoms with Gasteiger partial charge >= 0.3 is 0 Å². The van der Waals surface area contributed by atoms with Crippen LogP contribution in [-0.4, -0.2) is 55.0 Å². The van der Waals surface area contributed by atoms with E-state index < -0.39 is 0 Å². The van der Waals surface area contributed by atoms with E-state index in [0.29, 0.717) is 11.6 Å². The normalized spacial score (nSPS) is 10.8. The SMILES string of the molecule is CCCCN(CCN(CC)CC)CC(=O)Nc1c(C)cccc1Cl.Cl. The summed E-state index contributed by atoms with van der Waals surface area (Å²) in [6, 6.07) is 5.65. The van der Waals surface area contributed by atoms with E-state index in [1.54, 1.807) is 6.07 Å². The second kappa shape index (κ2) is 13.4. The number of aryl methyl sites for hydroxylation is 1. The van der Waals surface area contributed by atoms with Gasteiger partial charge in [-0.25, -0.2) is 0 Å². The summed E-state index contributed by atoms with van der Waals surface area (Å²) < 4.78 is 0. The highest BCUT2D eigenvalue weighted by molar-refractivity contribution is 6.33. The molecule has 0 saturated heterocycles. The van der Waals surface area contributed by atoms with Gasteiger partial charge in [-0.2, -0.15) is 0 Å². The van der Waals surface area contributed by atoms with Crippen LogP contribution in [0.5, 0.6) is 0 Å². The van der Waals surface area contributed by atoms with Crippen LogP contribution in [0.4, 0.5) is 5.69 Å². The lowest BCUT2D eigenvalue weighted by Crippen LogP contribution is -2.40. The van der Waals surface area contributed by atoms with Crippen molar-refractivity contribution in [2.75, 3.05) is 44.6 Å². The van der Waals surface area contributed by atoms with E-state index in [9.17, 15) is 4.79 Å². The minimum absolute atomic E-state index is 0. The smallest absolute Gasteiger partial charge is 0.238 e. The topological polar surface area (TPSA) is 35.6 Å². The molecule has 0 aliphatic rings. The van der Waals surface area contributed by atoms with E-state index in [1.165, 1.54) is 0 Å². The van der Waals surface area contributed by atoms with Gasteiger partial charge in [0.2, 0.25) is 5.91 Å². The maximum absolute atomic E-state index is 12.4. The number of likely N-dealkylation sites (N-methyl/N-ethyl adjacent to an activating group) is 1. The van der Waals surface area contributed by atoms with Crippen molar-refractivity contribution in [3.8, 4) is 0 Å². The Bertz CT molecular complexity index is 487. The van der Waals surface area contributed by atoms with Crippen molar-refractivity contribution in [3.63, 3.8) is 0 Å². The largest absolute Gasteiger partial charge is 0.323 e. The minimum Gasteiger partial charge on any atom is -0.323 e. The molecule has 144 valence electrons. The Kier molecular flexibility index (Phi) is 13.0. The Hall–Kier alpha value is -0.810. The fourth-order valence-electron chi connectivity index (χ4n) is 2.65.